The van der Waals surface area contributed by atoms with Crippen LogP contribution in [0.4, 0.5) is 11.4 Å². The molecule has 0 aliphatic carbocycles. The topological polar surface area (TPSA) is 98.8 Å². The quantitative estimate of drug-likeness (QED) is 0.615. The molecule has 8 heteroatoms. The van der Waals surface area contributed by atoms with E-state index < -0.39 is 9.85 Å². The Labute approximate surface area is 114 Å². The Balaban J connectivity index is 2.23. The van der Waals surface area contributed by atoms with Crippen molar-refractivity contribution in [3.8, 4) is 0 Å². The second-order valence-corrected chi connectivity index (χ2v) is 4.22. The molecule has 1 aliphatic rings. The van der Waals surface area contributed by atoms with E-state index >= 15 is 0 Å². The molecular weight excluding hydrogens is 266 g/mol. The maximum atomic E-state index is 11.0. The minimum Gasteiger partial charge on any atom is -0.378 e. The van der Waals surface area contributed by atoms with Crippen molar-refractivity contribution in [3.63, 3.8) is 0 Å². The minimum atomic E-state index is -0.650. The van der Waals surface area contributed by atoms with E-state index in [1.54, 1.807) is 12.3 Å². The lowest BCUT2D eigenvalue weighted by Gasteiger charge is -2.24. The minimum absolute atomic E-state index is 0.274. The number of ether oxygens (including phenoxy) is 1. The van der Waals surface area contributed by atoms with Crippen LogP contribution < -0.4 is 0 Å². The largest absolute Gasteiger partial charge is 0.378 e. The summed E-state index contributed by atoms with van der Waals surface area (Å²) < 4.78 is 5.20. The normalized spacial score (nSPS) is 15.5. The molecule has 2 rings (SSSR count). The van der Waals surface area contributed by atoms with Crippen molar-refractivity contribution < 1.29 is 14.6 Å². The first-order chi connectivity index (χ1) is 9.58. The van der Waals surface area contributed by atoms with Crippen LogP contribution in [0.1, 0.15) is 5.56 Å². The smallest absolute Gasteiger partial charge is 0.283 e. The molecule has 0 unspecified atom stereocenters. The number of hydrogen-bond acceptors (Lipinski definition) is 6. The molecule has 0 aromatic heterocycles. The van der Waals surface area contributed by atoms with Crippen LogP contribution in [0.15, 0.2) is 24.4 Å². The van der Waals surface area contributed by atoms with Gasteiger partial charge in [0.1, 0.15) is 0 Å². The first kappa shape index (κ1) is 13.9. The zero-order chi connectivity index (χ0) is 14.5. The molecule has 1 aromatic carbocycles. The molecular formula is C12H13N3O5. The third-order valence-electron chi connectivity index (χ3n) is 2.93. The van der Waals surface area contributed by atoms with Crippen LogP contribution in [0, 0.1) is 20.2 Å². The number of hydrogen-bond donors (Lipinski definition) is 0. The molecule has 1 heterocycles. The third-order valence-corrected chi connectivity index (χ3v) is 2.93. The van der Waals surface area contributed by atoms with E-state index in [0.29, 0.717) is 18.8 Å². The summed E-state index contributed by atoms with van der Waals surface area (Å²) in [4.78, 5) is 22.3. The van der Waals surface area contributed by atoms with Gasteiger partial charge in [-0.05, 0) is 12.1 Å². The highest BCUT2D eigenvalue weighted by atomic mass is 16.6. The summed E-state index contributed by atoms with van der Waals surface area (Å²) in [5.74, 6) is 0. The predicted octanol–water partition coefficient (Wildman–Crippen LogP) is 1.81. The van der Waals surface area contributed by atoms with Crippen molar-refractivity contribution in [1.82, 2.24) is 4.90 Å². The molecule has 8 nitrogen and oxygen atoms in total. The number of nitrogens with zero attached hydrogens (tertiary/aromatic N) is 3. The molecule has 0 bridgehead atoms. The molecule has 0 atom stereocenters. The number of rotatable bonds is 4. The van der Waals surface area contributed by atoms with Crippen molar-refractivity contribution in [2.75, 3.05) is 26.3 Å². The van der Waals surface area contributed by atoms with Crippen molar-refractivity contribution in [2.24, 2.45) is 0 Å². The van der Waals surface area contributed by atoms with Crippen molar-refractivity contribution in [2.45, 2.75) is 0 Å². The van der Waals surface area contributed by atoms with E-state index in [4.69, 9.17) is 4.74 Å². The number of non-ortho nitro benzene ring substituents is 1. The summed E-state index contributed by atoms with van der Waals surface area (Å²) in [7, 11) is 0. The Morgan fingerprint density at radius 3 is 2.45 bits per heavy atom. The maximum absolute atomic E-state index is 11.0. The highest BCUT2D eigenvalue weighted by molar-refractivity contribution is 5.63. The third kappa shape index (κ3) is 3.29. The van der Waals surface area contributed by atoms with Crippen molar-refractivity contribution in [3.05, 3.63) is 50.2 Å². The molecule has 1 fully saturated rings. The first-order valence-corrected chi connectivity index (χ1v) is 6.01. The summed E-state index contributed by atoms with van der Waals surface area (Å²) in [5.41, 5.74) is -0.226. The van der Waals surface area contributed by atoms with E-state index in [1.807, 2.05) is 4.90 Å². The Morgan fingerprint density at radius 1 is 1.15 bits per heavy atom. The fourth-order valence-corrected chi connectivity index (χ4v) is 1.86. The number of morpholine rings is 1. The standard InChI is InChI=1S/C12H13N3O5/c16-14(17)11-2-1-10(12(9-11)15(18)19)3-4-13-5-7-20-8-6-13/h1-4,9H,5-8H2/b4-3+. The van der Waals surface area contributed by atoms with Gasteiger partial charge in [-0.25, -0.2) is 0 Å². The molecule has 1 aromatic rings. The zero-order valence-electron chi connectivity index (χ0n) is 10.6. The molecule has 1 saturated heterocycles. The lowest BCUT2D eigenvalue weighted by Crippen LogP contribution is -2.31. The molecule has 20 heavy (non-hydrogen) atoms. The first-order valence-electron chi connectivity index (χ1n) is 6.01. The van der Waals surface area contributed by atoms with Gasteiger partial charge in [0.15, 0.2) is 0 Å². The number of nitro groups is 2. The van der Waals surface area contributed by atoms with Gasteiger partial charge < -0.3 is 9.64 Å². The summed E-state index contributed by atoms with van der Waals surface area (Å²) in [6.07, 6.45) is 3.34. The van der Waals surface area contributed by atoms with Gasteiger partial charge in [-0.3, -0.25) is 20.2 Å². The van der Waals surface area contributed by atoms with Gasteiger partial charge in [0, 0.05) is 25.4 Å². The monoisotopic (exact) mass is 279 g/mol. The van der Waals surface area contributed by atoms with Crippen LogP contribution in [0.25, 0.3) is 6.08 Å². The second-order valence-electron chi connectivity index (χ2n) is 4.22. The highest BCUT2D eigenvalue weighted by Gasteiger charge is 2.18. The van der Waals surface area contributed by atoms with Gasteiger partial charge in [0.2, 0.25) is 0 Å². The molecule has 1 aliphatic heterocycles. The van der Waals surface area contributed by atoms with Gasteiger partial charge in [-0.15, -0.1) is 0 Å². The average molecular weight is 279 g/mol. The maximum Gasteiger partial charge on any atom is 0.283 e. The molecule has 0 saturated carbocycles. The van der Waals surface area contributed by atoms with Crippen LogP contribution in [0.5, 0.6) is 0 Å². The van der Waals surface area contributed by atoms with Crippen LogP contribution in [0.3, 0.4) is 0 Å². The lowest BCUT2D eigenvalue weighted by atomic mass is 10.1. The lowest BCUT2D eigenvalue weighted by molar-refractivity contribution is -0.394. The van der Waals surface area contributed by atoms with Crippen molar-refractivity contribution >= 4 is 17.5 Å². The summed E-state index contributed by atoms with van der Waals surface area (Å²) >= 11 is 0. The van der Waals surface area contributed by atoms with E-state index in [0.717, 1.165) is 19.2 Å². The van der Waals surface area contributed by atoms with E-state index in [9.17, 15) is 20.2 Å². The van der Waals surface area contributed by atoms with E-state index in [2.05, 4.69) is 0 Å². The SMILES string of the molecule is O=[N+]([O-])c1ccc(/C=C/N2CCOCC2)c([N+](=O)[O-])c1. The van der Waals surface area contributed by atoms with Crippen LogP contribution in [0.2, 0.25) is 0 Å². The summed E-state index contributed by atoms with van der Waals surface area (Å²) in [5, 5.41) is 21.6. The van der Waals surface area contributed by atoms with Gasteiger partial charge in [-0.2, -0.15) is 0 Å². The van der Waals surface area contributed by atoms with Crippen LogP contribution in [-0.2, 0) is 4.74 Å². The fraction of sp³-hybridized carbons (Fsp3) is 0.333. The molecule has 0 N–H and O–H groups in total. The van der Waals surface area contributed by atoms with E-state index in [1.165, 1.54) is 12.1 Å². The summed E-state index contributed by atoms with van der Waals surface area (Å²) in [6.45, 7) is 2.67. The molecule has 0 spiro atoms. The van der Waals surface area contributed by atoms with Gasteiger partial charge in [-0.1, -0.05) is 0 Å². The fourth-order valence-electron chi connectivity index (χ4n) is 1.86. The molecule has 0 radical (unpaired) electrons. The van der Waals surface area contributed by atoms with Gasteiger partial charge >= 0.3 is 0 Å². The number of benzene rings is 1. The van der Waals surface area contributed by atoms with Gasteiger partial charge in [0.25, 0.3) is 11.4 Å². The Kier molecular flexibility index (Phi) is 4.26. The van der Waals surface area contributed by atoms with Crippen molar-refractivity contribution in [1.29, 1.82) is 0 Å². The Morgan fingerprint density at radius 2 is 1.85 bits per heavy atom. The predicted molar refractivity (Wildman–Crippen MR) is 71.2 cm³/mol. The number of nitro benzene ring substituents is 2. The van der Waals surface area contributed by atoms with Gasteiger partial charge in [0.05, 0.1) is 34.7 Å². The van der Waals surface area contributed by atoms with Crippen LogP contribution in [-0.4, -0.2) is 41.0 Å². The van der Waals surface area contributed by atoms with E-state index in [-0.39, 0.29) is 11.4 Å². The second kappa shape index (κ2) is 6.11. The molecule has 0 amide bonds. The summed E-state index contributed by atoms with van der Waals surface area (Å²) in [6, 6.07) is 3.61. The average Bonchev–Trinajstić information content (AvgIpc) is 2.45. The zero-order valence-corrected chi connectivity index (χ0v) is 10.6. The Hall–Kier alpha value is -2.48. The highest BCUT2D eigenvalue weighted by Crippen LogP contribution is 2.25. The molecule has 106 valence electrons. The Bertz CT molecular complexity index is 552. The van der Waals surface area contributed by atoms with Crippen LogP contribution >= 0.6 is 0 Å².